The number of carbonyl (C=O) groups excluding carboxylic acids is 1. The van der Waals surface area contributed by atoms with E-state index in [1.807, 2.05) is 0 Å². The average molecular weight is 183 g/mol. The second kappa shape index (κ2) is 4.20. The number of ketones is 1. The van der Waals surface area contributed by atoms with Crippen LogP contribution in [0.2, 0.25) is 0 Å². The molecule has 0 atom stereocenters. The lowest BCUT2D eigenvalue weighted by molar-refractivity contribution is -0.116. The van der Waals surface area contributed by atoms with Crippen molar-refractivity contribution in [2.24, 2.45) is 5.92 Å². The Morgan fingerprint density at radius 3 is 2.92 bits per heavy atom. The summed E-state index contributed by atoms with van der Waals surface area (Å²) in [6.45, 7) is 4.24. The molecule has 1 aliphatic carbocycles. The second-order valence-electron chi connectivity index (χ2n) is 4.08. The number of hydrogen-bond acceptors (Lipinski definition) is 3. The first kappa shape index (κ1) is 9.16. The fourth-order valence-electron chi connectivity index (χ4n) is 1.61. The third kappa shape index (κ3) is 3.08. The minimum Gasteiger partial charge on any atom is -0.380 e. The van der Waals surface area contributed by atoms with Gasteiger partial charge in [-0.2, -0.15) is 0 Å². The van der Waals surface area contributed by atoms with E-state index in [1.165, 1.54) is 12.8 Å². The van der Waals surface area contributed by atoms with E-state index in [-0.39, 0.29) is 0 Å². The largest absolute Gasteiger partial charge is 0.380 e. The van der Waals surface area contributed by atoms with Crippen LogP contribution in [0.1, 0.15) is 19.3 Å². The van der Waals surface area contributed by atoms with Gasteiger partial charge in [0.15, 0.2) is 0 Å². The highest BCUT2D eigenvalue weighted by atomic mass is 16.5. The minimum atomic E-state index is 0.377. The van der Waals surface area contributed by atoms with E-state index < -0.39 is 0 Å². The summed E-state index contributed by atoms with van der Waals surface area (Å²) in [6, 6.07) is 0. The Morgan fingerprint density at radius 1 is 1.46 bits per heavy atom. The standard InChI is InChI=1S/C10H17NO2/c12-10-3-4-11(7-10)5-6-13-8-9-1-2-9/h9H,1-8H2. The summed E-state index contributed by atoms with van der Waals surface area (Å²) < 4.78 is 5.50. The second-order valence-corrected chi connectivity index (χ2v) is 4.08. The van der Waals surface area contributed by atoms with Gasteiger partial charge in [0, 0.05) is 26.1 Å². The van der Waals surface area contributed by atoms with Crippen LogP contribution in [-0.2, 0) is 9.53 Å². The first-order valence-corrected chi connectivity index (χ1v) is 5.16. The smallest absolute Gasteiger partial charge is 0.148 e. The van der Waals surface area contributed by atoms with Gasteiger partial charge in [0.2, 0.25) is 0 Å². The van der Waals surface area contributed by atoms with Crippen LogP contribution in [0.25, 0.3) is 0 Å². The normalized spacial score (nSPS) is 24.2. The molecule has 0 aromatic carbocycles. The van der Waals surface area contributed by atoms with Gasteiger partial charge in [0.25, 0.3) is 0 Å². The van der Waals surface area contributed by atoms with Crippen molar-refractivity contribution < 1.29 is 9.53 Å². The zero-order valence-electron chi connectivity index (χ0n) is 8.00. The van der Waals surface area contributed by atoms with Gasteiger partial charge in [0.05, 0.1) is 13.2 Å². The van der Waals surface area contributed by atoms with Crippen LogP contribution in [0, 0.1) is 5.92 Å². The molecule has 0 amide bonds. The van der Waals surface area contributed by atoms with Gasteiger partial charge >= 0.3 is 0 Å². The maximum Gasteiger partial charge on any atom is 0.148 e. The fraction of sp³-hybridized carbons (Fsp3) is 0.900. The first-order chi connectivity index (χ1) is 6.34. The molecule has 0 unspecified atom stereocenters. The van der Waals surface area contributed by atoms with Gasteiger partial charge in [0.1, 0.15) is 5.78 Å². The van der Waals surface area contributed by atoms with Gasteiger partial charge in [-0.25, -0.2) is 0 Å². The SMILES string of the molecule is O=C1CCN(CCOCC2CC2)C1. The highest BCUT2D eigenvalue weighted by molar-refractivity contribution is 5.82. The molecule has 1 saturated heterocycles. The Bertz CT molecular complexity index is 189. The summed E-state index contributed by atoms with van der Waals surface area (Å²) in [4.78, 5) is 13.1. The fourth-order valence-corrected chi connectivity index (χ4v) is 1.61. The first-order valence-electron chi connectivity index (χ1n) is 5.16. The Morgan fingerprint density at radius 2 is 2.31 bits per heavy atom. The van der Waals surface area contributed by atoms with Gasteiger partial charge < -0.3 is 4.74 Å². The zero-order chi connectivity index (χ0) is 9.10. The molecular formula is C10H17NO2. The van der Waals surface area contributed by atoms with E-state index >= 15 is 0 Å². The van der Waals surface area contributed by atoms with Crippen LogP contribution in [0.5, 0.6) is 0 Å². The van der Waals surface area contributed by atoms with Crippen LogP contribution in [0.3, 0.4) is 0 Å². The quantitative estimate of drug-likeness (QED) is 0.587. The van der Waals surface area contributed by atoms with Crippen molar-refractivity contribution in [2.45, 2.75) is 19.3 Å². The molecule has 2 fully saturated rings. The van der Waals surface area contributed by atoms with E-state index in [0.29, 0.717) is 12.3 Å². The van der Waals surface area contributed by atoms with E-state index in [1.54, 1.807) is 0 Å². The van der Waals surface area contributed by atoms with Crippen LogP contribution < -0.4 is 0 Å². The van der Waals surface area contributed by atoms with E-state index in [9.17, 15) is 4.79 Å². The summed E-state index contributed by atoms with van der Waals surface area (Å²) in [7, 11) is 0. The molecule has 2 rings (SSSR count). The molecule has 13 heavy (non-hydrogen) atoms. The minimum absolute atomic E-state index is 0.377. The molecule has 0 spiro atoms. The number of nitrogens with zero attached hydrogens (tertiary/aromatic N) is 1. The molecular weight excluding hydrogens is 166 g/mol. The maximum atomic E-state index is 10.9. The topological polar surface area (TPSA) is 29.5 Å². The molecule has 3 heteroatoms. The molecule has 1 aliphatic heterocycles. The zero-order valence-corrected chi connectivity index (χ0v) is 8.00. The highest BCUT2D eigenvalue weighted by Gasteiger charge is 2.22. The van der Waals surface area contributed by atoms with Gasteiger partial charge in [-0.3, -0.25) is 9.69 Å². The number of carbonyl (C=O) groups is 1. The average Bonchev–Trinajstić information content (AvgIpc) is 2.84. The molecule has 3 nitrogen and oxygen atoms in total. The van der Waals surface area contributed by atoms with E-state index in [2.05, 4.69) is 4.90 Å². The Kier molecular flexibility index (Phi) is 2.96. The number of ether oxygens (including phenoxy) is 1. The molecule has 0 aromatic heterocycles. The van der Waals surface area contributed by atoms with Crippen molar-refractivity contribution in [2.75, 3.05) is 32.8 Å². The van der Waals surface area contributed by atoms with Crippen molar-refractivity contribution in [1.29, 1.82) is 0 Å². The predicted molar refractivity (Wildman–Crippen MR) is 49.6 cm³/mol. The monoisotopic (exact) mass is 183 g/mol. The van der Waals surface area contributed by atoms with Crippen molar-refractivity contribution >= 4 is 5.78 Å². The highest BCUT2D eigenvalue weighted by Crippen LogP contribution is 2.28. The van der Waals surface area contributed by atoms with E-state index in [0.717, 1.165) is 38.6 Å². The molecule has 1 heterocycles. The number of rotatable bonds is 5. The molecule has 0 bridgehead atoms. The Labute approximate surface area is 79.0 Å². The van der Waals surface area contributed by atoms with Crippen LogP contribution in [-0.4, -0.2) is 43.5 Å². The van der Waals surface area contributed by atoms with E-state index in [4.69, 9.17) is 4.74 Å². The third-order valence-electron chi connectivity index (χ3n) is 2.71. The van der Waals surface area contributed by atoms with Gasteiger partial charge in [-0.15, -0.1) is 0 Å². The van der Waals surface area contributed by atoms with Crippen molar-refractivity contribution in [3.63, 3.8) is 0 Å². The summed E-state index contributed by atoms with van der Waals surface area (Å²) >= 11 is 0. The lowest BCUT2D eigenvalue weighted by Gasteiger charge is -2.12. The van der Waals surface area contributed by atoms with Crippen LogP contribution in [0.15, 0.2) is 0 Å². The molecule has 1 saturated carbocycles. The van der Waals surface area contributed by atoms with Crippen molar-refractivity contribution in [3.8, 4) is 0 Å². The summed E-state index contributed by atoms with van der Waals surface area (Å²) in [6.07, 6.45) is 3.44. The van der Waals surface area contributed by atoms with Crippen molar-refractivity contribution in [3.05, 3.63) is 0 Å². The molecule has 0 N–H and O–H groups in total. The number of hydrogen-bond donors (Lipinski definition) is 0. The van der Waals surface area contributed by atoms with Gasteiger partial charge in [-0.1, -0.05) is 0 Å². The molecule has 0 aromatic rings. The molecule has 0 radical (unpaired) electrons. The lowest BCUT2D eigenvalue weighted by atomic mass is 10.4. The Balaban J connectivity index is 1.49. The molecule has 2 aliphatic rings. The Hall–Kier alpha value is -0.410. The molecule has 74 valence electrons. The number of Topliss-reactive ketones (excluding diaryl/α,β-unsaturated/α-hetero) is 1. The van der Waals surface area contributed by atoms with Gasteiger partial charge in [-0.05, 0) is 18.8 Å². The summed E-state index contributed by atoms with van der Waals surface area (Å²) in [5, 5.41) is 0. The van der Waals surface area contributed by atoms with Crippen LogP contribution >= 0.6 is 0 Å². The van der Waals surface area contributed by atoms with Crippen molar-refractivity contribution in [1.82, 2.24) is 4.90 Å². The predicted octanol–water partition coefficient (Wildman–Crippen LogP) is 0.688. The summed E-state index contributed by atoms with van der Waals surface area (Å²) in [5.41, 5.74) is 0. The lowest BCUT2D eigenvalue weighted by Crippen LogP contribution is -2.25. The summed E-state index contributed by atoms with van der Waals surface area (Å²) in [5.74, 6) is 1.22. The maximum absolute atomic E-state index is 10.9. The van der Waals surface area contributed by atoms with Crippen LogP contribution in [0.4, 0.5) is 0 Å². The third-order valence-corrected chi connectivity index (χ3v) is 2.71. The number of likely N-dealkylation sites (tertiary alicyclic amines) is 1.